The van der Waals surface area contributed by atoms with Crippen molar-refractivity contribution in [3.8, 4) is 6.07 Å². The van der Waals surface area contributed by atoms with E-state index in [0.29, 0.717) is 19.3 Å². The Bertz CT molecular complexity index is 330. The van der Waals surface area contributed by atoms with Crippen LogP contribution in [0, 0.1) is 17.2 Å². The lowest BCUT2D eigenvalue weighted by atomic mass is 9.78. The number of carbonyl (C=O) groups is 1. The van der Waals surface area contributed by atoms with Gasteiger partial charge in [-0.25, -0.2) is 0 Å². The number of hydrogen-bond donors (Lipinski definition) is 1. The summed E-state index contributed by atoms with van der Waals surface area (Å²) in [4.78, 5) is 11.0. The first kappa shape index (κ1) is 12.4. The fourth-order valence-electron chi connectivity index (χ4n) is 3.01. The average molecular weight is 237 g/mol. The fraction of sp³-hybridized carbons (Fsp3) is 0.846. The summed E-state index contributed by atoms with van der Waals surface area (Å²) < 4.78 is 5.94. The van der Waals surface area contributed by atoms with Crippen LogP contribution in [-0.2, 0) is 9.53 Å². The molecule has 0 radical (unpaired) electrons. The van der Waals surface area contributed by atoms with E-state index in [2.05, 4.69) is 6.07 Å². The molecule has 1 N–H and O–H groups in total. The second kappa shape index (κ2) is 5.05. The van der Waals surface area contributed by atoms with E-state index in [1.165, 1.54) is 0 Å². The predicted molar refractivity (Wildman–Crippen MR) is 61.3 cm³/mol. The highest BCUT2D eigenvalue weighted by Crippen LogP contribution is 2.38. The molecule has 4 heteroatoms. The molecule has 0 aliphatic heterocycles. The van der Waals surface area contributed by atoms with Gasteiger partial charge in [0.2, 0.25) is 0 Å². The quantitative estimate of drug-likeness (QED) is 0.818. The minimum Gasteiger partial charge on any atom is -0.481 e. The van der Waals surface area contributed by atoms with Crippen molar-refractivity contribution in [3.05, 3.63) is 0 Å². The third-order valence-electron chi connectivity index (χ3n) is 3.96. The second-order valence-electron chi connectivity index (χ2n) is 5.26. The fourth-order valence-corrected chi connectivity index (χ4v) is 3.01. The first-order valence-corrected chi connectivity index (χ1v) is 6.47. The van der Waals surface area contributed by atoms with Crippen LogP contribution in [0.3, 0.4) is 0 Å². The van der Waals surface area contributed by atoms with Crippen molar-refractivity contribution in [2.45, 2.75) is 63.1 Å². The molecule has 94 valence electrons. The molecule has 0 aromatic carbocycles. The van der Waals surface area contributed by atoms with Crippen molar-refractivity contribution in [1.82, 2.24) is 0 Å². The molecule has 0 saturated heterocycles. The summed E-state index contributed by atoms with van der Waals surface area (Å²) in [6.45, 7) is 0. The summed E-state index contributed by atoms with van der Waals surface area (Å²) in [7, 11) is 0. The summed E-state index contributed by atoms with van der Waals surface area (Å²) in [5.41, 5.74) is -0.837. The molecule has 0 bridgehead atoms. The molecule has 2 fully saturated rings. The lowest BCUT2D eigenvalue weighted by Crippen LogP contribution is -2.41. The van der Waals surface area contributed by atoms with E-state index >= 15 is 0 Å². The van der Waals surface area contributed by atoms with Crippen molar-refractivity contribution in [2.75, 3.05) is 0 Å². The van der Waals surface area contributed by atoms with Crippen LogP contribution in [0.15, 0.2) is 0 Å². The molecule has 0 aromatic heterocycles. The van der Waals surface area contributed by atoms with Gasteiger partial charge in [-0.3, -0.25) is 4.79 Å². The normalized spacial score (nSPS) is 34.4. The molecule has 0 aromatic rings. The molecule has 2 unspecified atom stereocenters. The van der Waals surface area contributed by atoms with Gasteiger partial charge in [0.05, 0.1) is 18.1 Å². The van der Waals surface area contributed by atoms with Crippen molar-refractivity contribution >= 4 is 5.97 Å². The van der Waals surface area contributed by atoms with E-state index in [1.54, 1.807) is 0 Å². The van der Waals surface area contributed by atoms with Crippen LogP contribution in [-0.4, -0.2) is 22.8 Å². The Hall–Kier alpha value is -1.08. The number of hydrogen-bond acceptors (Lipinski definition) is 3. The maximum absolute atomic E-state index is 11.0. The Kier molecular flexibility index (Phi) is 3.68. The van der Waals surface area contributed by atoms with Crippen LogP contribution < -0.4 is 0 Å². The van der Waals surface area contributed by atoms with Crippen LogP contribution in [0.25, 0.3) is 0 Å². The highest BCUT2D eigenvalue weighted by molar-refractivity contribution is 5.70. The number of ether oxygens (including phenoxy) is 1. The van der Waals surface area contributed by atoms with Gasteiger partial charge >= 0.3 is 5.97 Å². The third-order valence-corrected chi connectivity index (χ3v) is 3.96. The molecule has 0 heterocycles. The van der Waals surface area contributed by atoms with Gasteiger partial charge in [-0.05, 0) is 32.1 Å². The van der Waals surface area contributed by atoms with E-state index in [-0.39, 0.29) is 6.10 Å². The topological polar surface area (TPSA) is 70.3 Å². The molecule has 2 rings (SSSR count). The summed E-state index contributed by atoms with van der Waals surface area (Å²) in [5.74, 6) is -1.20. The number of carboxylic acids is 1. The van der Waals surface area contributed by atoms with Gasteiger partial charge in [0.15, 0.2) is 5.60 Å². The number of nitriles is 1. The SMILES string of the molecule is N#CC1(OC2CCCC2)CCCC(C(=O)O)C1. The van der Waals surface area contributed by atoms with E-state index in [4.69, 9.17) is 9.84 Å². The molecular weight excluding hydrogens is 218 g/mol. The van der Waals surface area contributed by atoms with Gasteiger partial charge in [-0.15, -0.1) is 0 Å². The predicted octanol–water partition coefficient (Wildman–Crippen LogP) is 2.48. The van der Waals surface area contributed by atoms with Crippen LogP contribution in [0.5, 0.6) is 0 Å². The van der Waals surface area contributed by atoms with Gasteiger partial charge in [0, 0.05) is 6.42 Å². The maximum atomic E-state index is 11.0. The van der Waals surface area contributed by atoms with Crippen molar-refractivity contribution in [1.29, 1.82) is 5.26 Å². The Labute approximate surface area is 102 Å². The molecule has 4 nitrogen and oxygen atoms in total. The largest absolute Gasteiger partial charge is 0.481 e. The maximum Gasteiger partial charge on any atom is 0.306 e. The van der Waals surface area contributed by atoms with Gasteiger partial charge in [-0.1, -0.05) is 12.8 Å². The zero-order valence-electron chi connectivity index (χ0n) is 10.0. The highest BCUT2D eigenvalue weighted by Gasteiger charge is 2.42. The number of carboxylic acid groups (broad SMARTS) is 1. The Morgan fingerprint density at radius 1 is 1.29 bits per heavy atom. The molecule has 0 spiro atoms. The lowest BCUT2D eigenvalue weighted by Gasteiger charge is -2.36. The Morgan fingerprint density at radius 3 is 2.59 bits per heavy atom. The van der Waals surface area contributed by atoms with Crippen LogP contribution in [0.2, 0.25) is 0 Å². The first-order chi connectivity index (χ1) is 8.15. The molecule has 2 atom stereocenters. The average Bonchev–Trinajstić information content (AvgIpc) is 2.82. The highest BCUT2D eigenvalue weighted by atomic mass is 16.5. The van der Waals surface area contributed by atoms with E-state index in [0.717, 1.165) is 32.1 Å². The molecule has 17 heavy (non-hydrogen) atoms. The van der Waals surface area contributed by atoms with Crippen molar-refractivity contribution < 1.29 is 14.6 Å². The second-order valence-corrected chi connectivity index (χ2v) is 5.26. The zero-order valence-corrected chi connectivity index (χ0v) is 10.0. The molecule has 2 aliphatic rings. The minimum atomic E-state index is -0.837. The monoisotopic (exact) mass is 237 g/mol. The molecule has 0 amide bonds. The first-order valence-electron chi connectivity index (χ1n) is 6.47. The van der Waals surface area contributed by atoms with Gasteiger partial charge in [0.25, 0.3) is 0 Å². The van der Waals surface area contributed by atoms with Crippen LogP contribution in [0.1, 0.15) is 51.4 Å². The summed E-state index contributed by atoms with van der Waals surface area (Å²) >= 11 is 0. The van der Waals surface area contributed by atoms with Gasteiger partial charge in [-0.2, -0.15) is 5.26 Å². The van der Waals surface area contributed by atoms with E-state index < -0.39 is 17.5 Å². The number of nitrogens with zero attached hydrogens (tertiary/aromatic N) is 1. The summed E-state index contributed by atoms with van der Waals surface area (Å²) in [6.07, 6.45) is 7.01. The molecule has 2 aliphatic carbocycles. The van der Waals surface area contributed by atoms with Crippen LogP contribution >= 0.6 is 0 Å². The van der Waals surface area contributed by atoms with Crippen molar-refractivity contribution in [2.24, 2.45) is 5.92 Å². The summed E-state index contributed by atoms with van der Waals surface area (Å²) in [6, 6.07) is 2.24. The Balaban J connectivity index is 2.02. The van der Waals surface area contributed by atoms with Gasteiger partial charge in [0.1, 0.15) is 0 Å². The lowest BCUT2D eigenvalue weighted by molar-refractivity contribution is -0.149. The molecule has 2 saturated carbocycles. The zero-order chi connectivity index (χ0) is 12.3. The van der Waals surface area contributed by atoms with Gasteiger partial charge < -0.3 is 9.84 Å². The number of rotatable bonds is 3. The molecular formula is C13H19NO3. The smallest absolute Gasteiger partial charge is 0.306 e. The van der Waals surface area contributed by atoms with E-state index in [9.17, 15) is 10.1 Å². The summed E-state index contributed by atoms with van der Waals surface area (Å²) in [5, 5.41) is 18.4. The van der Waals surface area contributed by atoms with Crippen LogP contribution in [0.4, 0.5) is 0 Å². The minimum absolute atomic E-state index is 0.169. The third kappa shape index (κ3) is 2.78. The van der Waals surface area contributed by atoms with Crippen molar-refractivity contribution in [3.63, 3.8) is 0 Å². The Morgan fingerprint density at radius 2 is 2.00 bits per heavy atom. The standard InChI is InChI=1S/C13H19NO3/c14-9-13(17-11-5-1-2-6-11)7-3-4-10(8-13)12(15)16/h10-11H,1-8H2,(H,15,16). The number of aliphatic carboxylic acids is 1. The van der Waals surface area contributed by atoms with E-state index in [1.807, 2.05) is 0 Å².